The zero-order valence-electron chi connectivity index (χ0n) is 21.8. The summed E-state index contributed by atoms with van der Waals surface area (Å²) in [5.74, 6) is 0.161. The summed E-state index contributed by atoms with van der Waals surface area (Å²) in [4.78, 5) is 17.9. The van der Waals surface area contributed by atoms with Crippen LogP contribution in [-0.4, -0.2) is 45.8 Å². The summed E-state index contributed by atoms with van der Waals surface area (Å²) >= 11 is 0. The second kappa shape index (κ2) is 12.0. The number of ether oxygens (including phenoxy) is 1. The maximum absolute atomic E-state index is 11.0. The molecule has 192 valence electrons. The van der Waals surface area contributed by atoms with Crippen LogP contribution in [0.3, 0.4) is 0 Å². The Kier molecular flexibility index (Phi) is 8.48. The summed E-state index contributed by atoms with van der Waals surface area (Å²) < 4.78 is 11.1. The maximum atomic E-state index is 11.0. The van der Waals surface area contributed by atoms with Crippen molar-refractivity contribution in [1.29, 1.82) is 0 Å². The van der Waals surface area contributed by atoms with Gasteiger partial charge in [0.05, 0.1) is 13.0 Å². The van der Waals surface area contributed by atoms with Crippen LogP contribution in [0, 0.1) is 6.92 Å². The number of nitrogens with zero attached hydrogens (tertiary/aromatic N) is 3. The Morgan fingerprint density at radius 3 is 2.57 bits per heavy atom. The first-order valence-corrected chi connectivity index (χ1v) is 12.4. The summed E-state index contributed by atoms with van der Waals surface area (Å²) in [6, 6.07) is 22.6. The third kappa shape index (κ3) is 6.50. The van der Waals surface area contributed by atoms with Gasteiger partial charge in [-0.1, -0.05) is 53.7 Å². The molecule has 7 heteroatoms. The molecule has 1 N–H and O–H groups in total. The zero-order valence-corrected chi connectivity index (χ0v) is 21.8. The molecule has 1 heterocycles. The van der Waals surface area contributed by atoms with Crippen molar-refractivity contribution in [3.63, 3.8) is 0 Å². The molecule has 0 saturated carbocycles. The lowest BCUT2D eigenvalue weighted by Gasteiger charge is -2.26. The first-order chi connectivity index (χ1) is 17.9. The van der Waals surface area contributed by atoms with Gasteiger partial charge in [-0.05, 0) is 66.8 Å². The molecule has 0 aliphatic carbocycles. The lowest BCUT2D eigenvalue weighted by molar-refractivity contribution is -0.137. The van der Waals surface area contributed by atoms with E-state index in [2.05, 4.69) is 54.0 Å². The normalized spacial score (nSPS) is 11.4. The number of aromatic nitrogens is 2. The number of hydrogen-bond donors (Lipinski definition) is 1. The number of hydrogen-bond acceptors (Lipinski definition) is 6. The predicted octanol–water partition coefficient (Wildman–Crippen LogP) is 6.21. The molecule has 37 heavy (non-hydrogen) atoms. The second-order valence-corrected chi connectivity index (χ2v) is 9.45. The van der Waals surface area contributed by atoms with E-state index in [0.717, 1.165) is 27.8 Å². The van der Waals surface area contributed by atoms with E-state index in [4.69, 9.17) is 14.4 Å². The smallest absolute Gasteiger partial charge is 0.304 e. The monoisotopic (exact) mass is 499 g/mol. The molecular weight excluding hydrogens is 466 g/mol. The minimum absolute atomic E-state index is 0.111. The van der Waals surface area contributed by atoms with E-state index >= 15 is 0 Å². The SMILES string of the molecule is COCc1cc(-c2nc(-c3cccc(CN(CCC(=O)O)C(C)C)c3)no2)ccc1-c1ccccc1C. The number of carboxylic acids is 1. The third-order valence-electron chi connectivity index (χ3n) is 6.43. The lowest BCUT2D eigenvalue weighted by Crippen LogP contribution is -2.32. The van der Waals surface area contributed by atoms with Crippen molar-refractivity contribution in [3.05, 3.63) is 83.4 Å². The molecule has 0 unspecified atom stereocenters. The number of methoxy groups -OCH3 is 1. The summed E-state index contributed by atoms with van der Waals surface area (Å²) in [5, 5.41) is 13.3. The Hall–Kier alpha value is -3.81. The van der Waals surface area contributed by atoms with Gasteiger partial charge in [-0.2, -0.15) is 4.98 Å². The Bertz CT molecular complexity index is 1360. The van der Waals surface area contributed by atoms with Gasteiger partial charge >= 0.3 is 5.97 Å². The molecular formula is C30H33N3O4. The van der Waals surface area contributed by atoms with E-state index in [1.165, 1.54) is 11.1 Å². The van der Waals surface area contributed by atoms with Gasteiger partial charge in [0.25, 0.3) is 5.89 Å². The highest BCUT2D eigenvalue weighted by Gasteiger charge is 2.16. The maximum Gasteiger partial charge on any atom is 0.304 e. The van der Waals surface area contributed by atoms with Crippen LogP contribution in [0.1, 0.15) is 37.0 Å². The fourth-order valence-corrected chi connectivity index (χ4v) is 4.40. The van der Waals surface area contributed by atoms with Crippen molar-refractivity contribution in [3.8, 4) is 34.0 Å². The average molecular weight is 500 g/mol. The van der Waals surface area contributed by atoms with Gasteiger partial charge < -0.3 is 14.4 Å². The summed E-state index contributed by atoms with van der Waals surface area (Å²) in [6.07, 6.45) is 0.111. The Morgan fingerprint density at radius 1 is 1.03 bits per heavy atom. The minimum atomic E-state index is -0.792. The highest BCUT2D eigenvalue weighted by Crippen LogP contribution is 2.32. The Labute approximate surface area is 217 Å². The second-order valence-electron chi connectivity index (χ2n) is 9.45. The van der Waals surface area contributed by atoms with Crippen LogP contribution in [0.4, 0.5) is 0 Å². The van der Waals surface area contributed by atoms with Gasteiger partial charge in [0.1, 0.15) is 0 Å². The lowest BCUT2D eigenvalue weighted by atomic mass is 9.94. The van der Waals surface area contributed by atoms with Crippen LogP contribution >= 0.6 is 0 Å². The third-order valence-corrected chi connectivity index (χ3v) is 6.43. The van der Waals surface area contributed by atoms with E-state index in [0.29, 0.717) is 31.4 Å². The fraction of sp³-hybridized carbons (Fsp3) is 0.300. The fourth-order valence-electron chi connectivity index (χ4n) is 4.40. The molecule has 0 saturated heterocycles. The molecule has 0 spiro atoms. The van der Waals surface area contributed by atoms with Crippen molar-refractivity contribution in [2.45, 2.75) is 46.4 Å². The average Bonchev–Trinajstić information content (AvgIpc) is 3.38. The molecule has 0 aliphatic heterocycles. The van der Waals surface area contributed by atoms with Crippen molar-refractivity contribution in [1.82, 2.24) is 15.0 Å². The van der Waals surface area contributed by atoms with Crippen molar-refractivity contribution < 1.29 is 19.2 Å². The van der Waals surface area contributed by atoms with Gasteiger partial charge in [0.2, 0.25) is 5.82 Å². The molecule has 4 rings (SSSR count). The number of benzene rings is 3. The standard InChI is InChI=1S/C30H33N3O4/c1-20(2)33(15-14-28(34)35)18-22-9-7-10-23(16-22)29-31-30(37-32-29)24-12-13-27(25(17-24)19-36-4)26-11-6-5-8-21(26)3/h5-13,16-17,20H,14-15,18-19H2,1-4H3,(H,34,35). The summed E-state index contributed by atoms with van der Waals surface area (Å²) in [5.41, 5.74) is 7.28. The number of rotatable bonds is 11. The largest absolute Gasteiger partial charge is 0.481 e. The number of carboxylic acid groups (broad SMARTS) is 1. The van der Waals surface area contributed by atoms with Gasteiger partial charge in [0.15, 0.2) is 0 Å². The summed E-state index contributed by atoms with van der Waals surface area (Å²) in [6.45, 7) is 7.84. The molecule has 0 aliphatic rings. The highest BCUT2D eigenvalue weighted by atomic mass is 16.5. The first-order valence-electron chi connectivity index (χ1n) is 12.4. The Morgan fingerprint density at radius 2 is 1.84 bits per heavy atom. The molecule has 0 amide bonds. The molecule has 4 aromatic rings. The Balaban J connectivity index is 1.58. The molecule has 0 atom stereocenters. The summed E-state index contributed by atoms with van der Waals surface area (Å²) in [7, 11) is 1.69. The van der Waals surface area contributed by atoms with Crippen molar-refractivity contribution in [2.24, 2.45) is 0 Å². The van der Waals surface area contributed by atoms with E-state index in [9.17, 15) is 4.79 Å². The van der Waals surface area contributed by atoms with E-state index in [1.807, 2.05) is 48.5 Å². The van der Waals surface area contributed by atoms with Gasteiger partial charge in [-0.3, -0.25) is 9.69 Å². The van der Waals surface area contributed by atoms with Gasteiger partial charge in [-0.15, -0.1) is 0 Å². The van der Waals surface area contributed by atoms with E-state index in [-0.39, 0.29) is 12.5 Å². The number of aliphatic carboxylic acids is 1. The topological polar surface area (TPSA) is 88.7 Å². The highest BCUT2D eigenvalue weighted by molar-refractivity contribution is 5.74. The predicted molar refractivity (Wildman–Crippen MR) is 144 cm³/mol. The van der Waals surface area contributed by atoms with Gasteiger partial charge in [-0.25, -0.2) is 0 Å². The number of carbonyl (C=O) groups is 1. The van der Waals surface area contributed by atoms with Crippen LogP contribution in [0.15, 0.2) is 71.3 Å². The minimum Gasteiger partial charge on any atom is -0.481 e. The molecule has 1 aromatic heterocycles. The van der Waals surface area contributed by atoms with E-state index in [1.54, 1.807) is 7.11 Å². The van der Waals surface area contributed by atoms with E-state index < -0.39 is 5.97 Å². The van der Waals surface area contributed by atoms with Crippen LogP contribution in [-0.2, 0) is 22.7 Å². The first kappa shape index (κ1) is 26.3. The molecule has 0 radical (unpaired) electrons. The van der Waals surface area contributed by atoms with Crippen LogP contribution < -0.4 is 0 Å². The zero-order chi connectivity index (χ0) is 26.4. The van der Waals surface area contributed by atoms with Crippen molar-refractivity contribution >= 4 is 5.97 Å². The molecule has 0 bridgehead atoms. The number of aryl methyl sites for hydroxylation is 1. The molecule has 3 aromatic carbocycles. The van der Waals surface area contributed by atoms with Crippen molar-refractivity contribution in [2.75, 3.05) is 13.7 Å². The van der Waals surface area contributed by atoms with Crippen LogP contribution in [0.25, 0.3) is 34.0 Å². The van der Waals surface area contributed by atoms with Crippen LogP contribution in [0.5, 0.6) is 0 Å². The molecule has 7 nitrogen and oxygen atoms in total. The van der Waals surface area contributed by atoms with Gasteiger partial charge in [0, 0.05) is 37.4 Å². The quantitative estimate of drug-likeness (QED) is 0.262. The molecule has 0 fully saturated rings. The van der Waals surface area contributed by atoms with Crippen LogP contribution in [0.2, 0.25) is 0 Å².